The first-order valence-electron chi connectivity index (χ1n) is 3.82. The van der Waals surface area contributed by atoms with Crippen LogP contribution in [0.4, 0.5) is 0 Å². The summed E-state index contributed by atoms with van der Waals surface area (Å²) in [5.74, 6) is 0. The highest BCUT2D eigenvalue weighted by atomic mass is 14.8. The third-order valence-electron chi connectivity index (χ3n) is 1.31. The summed E-state index contributed by atoms with van der Waals surface area (Å²) in [5, 5.41) is 0. The van der Waals surface area contributed by atoms with Gasteiger partial charge in [-0.25, -0.2) is 0 Å². The first-order chi connectivity index (χ1) is 5.13. The maximum Gasteiger partial charge on any atom is 0.165 e. The Labute approximate surface area is 70.0 Å². The highest BCUT2D eigenvalue weighted by molar-refractivity contribution is 6.58. The van der Waals surface area contributed by atoms with Gasteiger partial charge >= 0.3 is 0 Å². The van der Waals surface area contributed by atoms with Crippen molar-refractivity contribution in [3.05, 3.63) is 12.2 Å². The molecule has 0 rings (SSSR count). The van der Waals surface area contributed by atoms with Crippen molar-refractivity contribution in [2.75, 3.05) is 6.54 Å². The maximum absolute atomic E-state index is 5.14. The van der Waals surface area contributed by atoms with Crippen LogP contribution in [0.2, 0.25) is 0 Å². The van der Waals surface area contributed by atoms with Gasteiger partial charge in [-0.05, 0) is 26.2 Å². The van der Waals surface area contributed by atoms with E-state index in [2.05, 4.69) is 11.6 Å². The van der Waals surface area contributed by atoms with E-state index in [1.54, 1.807) is 0 Å². The van der Waals surface area contributed by atoms with E-state index in [1.807, 2.05) is 6.92 Å². The van der Waals surface area contributed by atoms with Crippen molar-refractivity contribution in [2.24, 2.45) is 10.7 Å². The van der Waals surface area contributed by atoms with E-state index < -0.39 is 0 Å². The Morgan fingerprint density at radius 1 is 1.55 bits per heavy atom. The molecular weight excluding hydrogens is 135 g/mol. The van der Waals surface area contributed by atoms with Gasteiger partial charge < -0.3 is 5.73 Å². The first kappa shape index (κ1) is 10.3. The van der Waals surface area contributed by atoms with Gasteiger partial charge in [-0.1, -0.05) is 5.57 Å². The highest BCUT2D eigenvalue weighted by Crippen LogP contribution is 2.02. The number of unbranched alkanes of at least 4 members (excludes halogenated alkanes) is 1. The van der Waals surface area contributed by atoms with Crippen LogP contribution >= 0.6 is 0 Å². The van der Waals surface area contributed by atoms with Crippen molar-refractivity contribution >= 4 is 13.6 Å². The smallest absolute Gasteiger partial charge is 0.165 e. The molecule has 2 nitrogen and oxygen atoms in total. The van der Waals surface area contributed by atoms with E-state index in [0.717, 1.165) is 25.8 Å². The van der Waals surface area contributed by atoms with Gasteiger partial charge in [0, 0.05) is 12.3 Å². The Hall–Kier alpha value is -0.725. The summed E-state index contributed by atoms with van der Waals surface area (Å²) in [6.07, 6.45) is 3.22. The standard InChI is InChI=1S/C8H15BN2/c1-7(2)5-3-4-6-11-8(9)10/h1,3-6H2,2H3,(H2,10,11). The number of amidine groups is 1. The number of nitrogens with zero attached hydrogens (tertiary/aromatic N) is 1. The van der Waals surface area contributed by atoms with Crippen molar-refractivity contribution in [1.29, 1.82) is 0 Å². The fourth-order valence-electron chi connectivity index (χ4n) is 0.747. The van der Waals surface area contributed by atoms with Crippen molar-refractivity contribution < 1.29 is 0 Å². The minimum absolute atomic E-state index is 0.181. The van der Waals surface area contributed by atoms with Crippen molar-refractivity contribution in [3.8, 4) is 0 Å². The number of hydrogen-bond acceptors (Lipinski definition) is 1. The molecule has 0 saturated heterocycles. The van der Waals surface area contributed by atoms with Crippen LogP contribution in [-0.2, 0) is 0 Å². The summed E-state index contributed by atoms with van der Waals surface area (Å²) in [6.45, 7) is 6.56. The Morgan fingerprint density at radius 2 is 2.18 bits per heavy atom. The van der Waals surface area contributed by atoms with Crippen molar-refractivity contribution in [2.45, 2.75) is 26.2 Å². The summed E-state index contributed by atoms with van der Waals surface area (Å²) in [7, 11) is 5.14. The SMILES string of the molecule is [B]C(N)=NCCCCC(=C)C. The monoisotopic (exact) mass is 150 g/mol. The lowest BCUT2D eigenvalue weighted by atomic mass is 10.1. The number of hydrogen-bond donors (Lipinski definition) is 1. The molecule has 60 valence electrons. The summed E-state index contributed by atoms with van der Waals surface area (Å²) in [4.78, 5) is 3.86. The van der Waals surface area contributed by atoms with Gasteiger partial charge in [-0.2, -0.15) is 0 Å². The zero-order chi connectivity index (χ0) is 8.69. The molecule has 0 fully saturated rings. The van der Waals surface area contributed by atoms with Gasteiger partial charge in [0.1, 0.15) is 0 Å². The molecule has 0 aromatic carbocycles. The first-order valence-corrected chi connectivity index (χ1v) is 3.82. The number of aliphatic imine (C=N–C) groups is 1. The molecule has 0 spiro atoms. The van der Waals surface area contributed by atoms with Crippen LogP contribution in [0.5, 0.6) is 0 Å². The zero-order valence-corrected chi connectivity index (χ0v) is 7.14. The quantitative estimate of drug-likeness (QED) is 0.206. The second-order valence-corrected chi connectivity index (χ2v) is 2.72. The van der Waals surface area contributed by atoms with E-state index in [4.69, 9.17) is 13.6 Å². The van der Waals surface area contributed by atoms with Crippen LogP contribution in [-0.4, -0.2) is 20.1 Å². The number of rotatable bonds is 5. The zero-order valence-electron chi connectivity index (χ0n) is 7.14. The van der Waals surface area contributed by atoms with Crippen LogP contribution in [0.3, 0.4) is 0 Å². The Balaban J connectivity index is 3.15. The molecular formula is C8H15BN2. The molecule has 0 atom stereocenters. The Bertz CT molecular complexity index is 148. The largest absolute Gasteiger partial charge is 0.397 e. The highest BCUT2D eigenvalue weighted by Gasteiger charge is 1.87. The predicted molar refractivity (Wildman–Crippen MR) is 50.9 cm³/mol. The van der Waals surface area contributed by atoms with Crippen LogP contribution in [0.15, 0.2) is 17.1 Å². The third-order valence-corrected chi connectivity index (χ3v) is 1.31. The maximum atomic E-state index is 5.14. The predicted octanol–water partition coefficient (Wildman–Crippen LogP) is 1.22. The van der Waals surface area contributed by atoms with Crippen LogP contribution < -0.4 is 5.73 Å². The van der Waals surface area contributed by atoms with E-state index in [9.17, 15) is 0 Å². The van der Waals surface area contributed by atoms with E-state index in [-0.39, 0.29) is 5.73 Å². The molecule has 0 amide bonds. The normalized spacial score (nSPS) is 11.5. The van der Waals surface area contributed by atoms with Crippen molar-refractivity contribution in [1.82, 2.24) is 0 Å². The average molecular weight is 150 g/mol. The van der Waals surface area contributed by atoms with E-state index >= 15 is 0 Å². The number of nitrogens with two attached hydrogens (primary N) is 1. The average Bonchev–Trinajstić information content (AvgIpc) is 1.85. The van der Waals surface area contributed by atoms with Gasteiger partial charge in [0.05, 0.1) is 0 Å². The molecule has 0 unspecified atom stereocenters. The van der Waals surface area contributed by atoms with Crippen LogP contribution in [0.25, 0.3) is 0 Å². The van der Waals surface area contributed by atoms with Gasteiger partial charge in [0.2, 0.25) is 0 Å². The topological polar surface area (TPSA) is 38.4 Å². The van der Waals surface area contributed by atoms with Gasteiger partial charge in [0.15, 0.2) is 7.85 Å². The van der Waals surface area contributed by atoms with Gasteiger partial charge in [-0.15, -0.1) is 6.58 Å². The molecule has 11 heavy (non-hydrogen) atoms. The third kappa shape index (κ3) is 9.27. The summed E-state index contributed by atoms with van der Waals surface area (Å²) in [6, 6.07) is 0. The molecule has 0 aliphatic heterocycles. The van der Waals surface area contributed by atoms with E-state index in [0.29, 0.717) is 0 Å². The fraction of sp³-hybridized carbons (Fsp3) is 0.625. The lowest BCUT2D eigenvalue weighted by molar-refractivity contribution is 0.742. The summed E-state index contributed by atoms with van der Waals surface area (Å²) in [5.41, 5.74) is 6.54. The Morgan fingerprint density at radius 3 is 2.64 bits per heavy atom. The molecule has 0 saturated carbocycles. The molecule has 0 heterocycles. The minimum atomic E-state index is 0.181. The Kier molecular flexibility index (Phi) is 5.62. The summed E-state index contributed by atoms with van der Waals surface area (Å²) < 4.78 is 0. The molecule has 2 radical (unpaired) electrons. The number of allylic oxidation sites excluding steroid dienone is 1. The lowest BCUT2D eigenvalue weighted by Crippen LogP contribution is -2.11. The molecule has 3 heteroatoms. The molecule has 0 aliphatic carbocycles. The second-order valence-electron chi connectivity index (χ2n) is 2.72. The molecule has 0 aromatic rings. The van der Waals surface area contributed by atoms with Gasteiger partial charge in [0.25, 0.3) is 0 Å². The second kappa shape index (κ2) is 6.02. The van der Waals surface area contributed by atoms with Gasteiger partial charge in [-0.3, -0.25) is 4.99 Å². The molecule has 0 bridgehead atoms. The van der Waals surface area contributed by atoms with Crippen molar-refractivity contribution in [3.63, 3.8) is 0 Å². The van der Waals surface area contributed by atoms with E-state index in [1.165, 1.54) is 5.57 Å². The fourth-order valence-corrected chi connectivity index (χ4v) is 0.747. The van der Waals surface area contributed by atoms with Crippen LogP contribution in [0, 0.1) is 0 Å². The molecule has 0 aliphatic rings. The molecule has 2 N–H and O–H groups in total. The molecule has 0 aromatic heterocycles. The summed E-state index contributed by atoms with van der Waals surface area (Å²) >= 11 is 0. The lowest BCUT2D eigenvalue weighted by Gasteiger charge is -1.97. The minimum Gasteiger partial charge on any atom is -0.397 e. The van der Waals surface area contributed by atoms with Crippen LogP contribution in [0.1, 0.15) is 26.2 Å².